The first-order chi connectivity index (χ1) is 9.10. The number of anilines is 2. The topological polar surface area (TPSA) is 96.2 Å². The lowest BCUT2D eigenvalue weighted by Gasteiger charge is -2.33. The van der Waals surface area contributed by atoms with E-state index in [0.717, 1.165) is 37.3 Å². The number of piperidine rings is 1. The molecular formula is C12H20N6O. The van der Waals surface area contributed by atoms with Gasteiger partial charge in [-0.1, -0.05) is 0 Å². The lowest BCUT2D eigenvalue weighted by Crippen LogP contribution is -2.44. The number of carbonyl (C=O) groups excluding carboxylic acids is 1. The number of rotatable bonds is 3. The quantitative estimate of drug-likeness (QED) is 0.532. The smallest absolute Gasteiger partial charge is 0.239 e. The summed E-state index contributed by atoms with van der Waals surface area (Å²) in [6.07, 6.45) is 3.61. The summed E-state index contributed by atoms with van der Waals surface area (Å²) in [7, 11) is 0. The molecule has 0 atom stereocenters. The summed E-state index contributed by atoms with van der Waals surface area (Å²) in [5, 5.41) is 2.96. The van der Waals surface area contributed by atoms with Gasteiger partial charge < -0.3 is 10.2 Å². The van der Waals surface area contributed by atoms with Crippen molar-refractivity contribution in [1.29, 1.82) is 0 Å². The largest absolute Gasteiger partial charge is 0.356 e. The molecule has 4 N–H and O–H groups in total. The number of aromatic nitrogens is 2. The second kappa shape index (κ2) is 5.83. The van der Waals surface area contributed by atoms with Crippen LogP contribution in [0.15, 0.2) is 6.20 Å². The molecule has 2 rings (SSSR count). The van der Waals surface area contributed by atoms with Crippen LogP contribution in [0.3, 0.4) is 0 Å². The molecule has 1 saturated heterocycles. The molecule has 7 nitrogen and oxygen atoms in total. The maximum atomic E-state index is 11.0. The Balaban J connectivity index is 2.03. The molecule has 1 aromatic rings. The fourth-order valence-electron chi connectivity index (χ4n) is 2.35. The van der Waals surface area contributed by atoms with Crippen LogP contribution in [-0.2, 0) is 4.79 Å². The Morgan fingerprint density at radius 2 is 2.16 bits per heavy atom. The highest BCUT2D eigenvalue weighted by Crippen LogP contribution is 2.22. The summed E-state index contributed by atoms with van der Waals surface area (Å²) in [4.78, 5) is 21.7. The molecule has 104 valence electrons. The van der Waals surface area contributed by atoms with Gasteiger partial charge in [-0.05, 0) is 19.8 Å². The third-order valence-corrected chi connectivity index (χ3v) is 3.28. The van der Waals surface area contributed by atoms with Crippen LogP contribution >= 0.6 is 0 Å². The van der Waals surface area contributed by atoms with Crippen molar-refractivity contribution < 1.29 is 4.79 Å². The van der Waals surface area contributed by atoms with E-state index in [1.807, 2.05) is 6.92 Å². The van der Waals surface area contributed by atoms with Crippen molar-refractivity contribution in [2.24, 2.45) is 5.84 Å². The molecule has 7 heteroatoms. The van der Waals surface area contributed by atoms with Gasteiger partial charge in [-0.15, -0.1) is 0 Å². The van der Waals surface area contributed by atoms with E-state index >= 15 is 0 Å². The van der Waals surface area contributed by atoms with Gasteiger partial charge in [0, 0.05) is 37.8 Å². The summed E-state index contributed by atoms with van der Waals surface area (Å²) < 4.78 is 0. The van der Waals surface area contributed by atoms with Gasteiger partial charge in [0.2, 0.25) is 11.9 Å². The first kappa shape index (κ1) is 13.5. The SMILES string of the molecule is CC(=O)NC1CCN(c2nc(NN)ncc2C)CC1. The molecule has 2 heterocycles. The highest BCUT2D eigenvalue weighted by Gasteiger charge is 2.22. The van der Waals surface area contributed by atoms with Gasteiger partial charge in [0.05, 0.1) is 0 Å². The molecule has 1 fully saturated rings. The third-order valence-electron chi connectivity index (χ3n) is 3.28. The zero-order valence-electron chi connectivity index (χ0n) is 11.3. The molecule has 19 heavy (non-hydrogen) atoms. The first-order valence-corrected chi connectivity index (χ1v) is 6.42. The van der Waals surface area contributed by atoms with Crippen molar-refractivity contribution in [3.05, 3.63) is 11.8 Å². The maximum absolute atomic E-state index is 11.0. The van der Waals surface area contributed by atoms with Gasteiger partial charge in [-0.25, -0.2) is 10.8 Å². The molecule has 0 bridgehead atoms. The normalized spacial score (nSPS) is 16.3. The number of carbonyl (C=O) groups is 1. The second-order valence-corrected chi connectivity index (χ2v) is 4.81. The van der Waals surface area contributed by atoms with E-state index in [-0.39, 0.29) is 11.9 Å². The van der Waals surface area contributed by atoms with Crippen molar-refractivity contribution in [1.82, 2.24) is 15.3 Å². The van der Waals surface area contributed by atoms with E-state index in [4.69, 9.17) is 5.84 Å². The molecule has 0 radical (unpaired) electrons. The van der Waals surface area contributed by atoms with E-state index in [1.165, 1.54) is 0 Å². The highest BCUT2D eigenvalue weighted by molar-refractivity contribution is 5.73. The highest BCUT2D eigenvalue weighted by atomic mass is 16.1. The Bertz CT molecular complexity index is 456. The molecule has 1 aliphatic rings. The molecule has 1 amide bonds. The zero-order chi connectivity index (χ0) is 13.8. The minimum atomic E-state index is 0.0336. The number of nitrogens with one attached hydrogen (secondary N) is 2. The Morgan fingerprint density at radius 1 is 1.47 bits per heavy atom. The average molecular weight is 264 g/mol. The summed E-state index contributed by atoms with van der Waals surface area (Å²) in [5.41, 5.74) is 3.49. The van der Waals surface area contributed by atoms with Crippen LogP contribution in [0.2, 0.25) is 0 Å². The van der Waals surface area contributed by atoms with Crippen molar-refractivity contribution in [3.8, 4) is 0 Å². The minimum Gasteiger partial charge on any atom is -0.356 e. The van der Waals surface area contributed by atoms with E-state index < -0.39 is 0 Å². The Morgan fingerprint density at radius 3 is 2.74 bits per heavy atom. The number of hydrogen-bond acceptors (Lipinski definition) is 6. The van der Waals surface area contributed by atoms with Crippen LogP contribution in [0.5, 0.6) is 0 Å². The fourth-order valence-corrected chi connectivity index (χ4v) is 2.35. The van der Waals surface area contributed by atoms with E-state index in [0.29, 0.717) is 5.95 Å². The Hall–Kier alpha value is -1.89. The number of nitrogens with zero attached hydrogens (tertiary/aromatic N) is 3. The van der Waals surface area contributed by atoms with E-state index in [2.05, 4.69) is 25.6 Å². The van der Waals surface area contributed by atoms with Gasteiger partial charge in [-0.2, -0.15) is 4.98 Å². The summed E-state index contributed by atoms with van der Waals surface area (Å²) in [6, 6.07) is 0.267. The number of nitrogens with two attached hydrogens (primary N) is 1. The number of aryl methyl sites for hydroxylation is 1. The number of hydrogen-bond donors (Lipinski definition) is 3. The van der Waals surface area contributed by atoms with Crippen LogP contribution < -0.4 is 21.5 Å². The predicted molar refractivity (Wildman–Crippen MR) is 73.6 cm³/mol. The van der Waals surface area contributed by atoms with Crippen LogP contribution in [0.4, 0.5) is 11.8 Å². The molecule has 1 aliphatic heterocycles. The van der Waals surface area contributed by atoms with E-state index in [9.17, 15) is 4.79 Å². The van der Waals surface area contributed by atoms with E-state index in [1.54, 1.807) is 13.1 Å². The predicted octanol–water partition coefficient (Wildman–Crippen LogP) is 0.176. The monoisotopic (exact) mass is 264 g/mol. The Labute approximate surface area is 112 Å². The average Bonchev–Trinajstić information content (AvgIpc) is 2.40. The van der Waals surface area contributed by atoms with Gasteiger partial charge >= 0.3 is 0 Å². The molecule has 0 aromatic carbocycles. The van der Waals surface area contributed by atoms with Gasteiger partial charge in [-0.3, -0.25) is 10.2 Å². The van der Waals surface area contributed by atoms with Gasteiger partial charge in [0.15, 0.2) is 0 Å². The molecule has 0 saturated carbocycles. The van der Waals surface area contributed by atoms with Gasteiger partial charge in [0.25, 0.3) is 0 Å². The number of hydrazine groups is 1. The lowest BCUT2D eigenvalue weighted by atomic mass is 10.0. The van der Waals surface area contributed by atoms with Crippen molar-refractivity contribution >= 4 is 17.7 Å². The number of amides is 1. The zero-order valence-corrected chi connectivity index (χ0v) is 11.3. The molecule has 0 unspecified atom stereocenters. The van der Waals surface area contributed by atoms with Crippen LogP contribution in [0, 0.1) is 6.92 Å². The van der Waals surface area contributed by atoms with Crippen LogP contribution in [0.25, 0.3) is 0 Å². The fraction of sp³-hybridized carbons (Fsp3) is 0.583. The maximum Gasteiger partial charge on any atom is 0.239 e. The summed E-state index contributed by atoms with van der Waals surface area (Å²) >= 11 is 0. The standard InChI is InChI=1S/C12H20N6O/c1-8-7-14-12(17-13)16-11(8)18-5-3-10(4-6-18)15-9(2)19/h7,10H,3-6,13H2,1-2H3,(H,15,19)(H,14,16,17). The third kappa shape index (κ3) is 3.31. The van der Waals surface area contributed by atoms with Gasteiger partial charge in [0.1, 0.15) is 5.82 Å². The first-order valence-electron chi connectivity index (χ1n) is 6.42. The van der Waals surface area contributed by atoms with Crippen molar-refractivity contribution in [2.45, 2.75) is 32.7 Å². The molecule has 0 aliphatic carbocycles. The van der Waals surface area contributed by atoms with Crippen molar-refractivity contribution in [2.75, 3.05) is 23.4 Å². The minimum absolute atomic E-state index is 0.0336. The molecular weight excluding hydrogens is 244 g/mol. The summed E-state index contributed by atoms with van der Waals surface area (Å²) in [5.74, 6) is 6.70. The Kier molecular flexibility index (Phi) is 4.16. The van der Waals surface area contributed by atoms with Crippen LogP contribution in [-0.4, -0.2) is 35.0 Å². The van der Waals surface area contributed by atoms with Crippen LogP contribution in [0.1, 0.15) is 25.3 Å². The van der Waals surface area contributed by atoms with Crippen molar-refractivity contribution in [3.63, 3.8) is 0 Å². The lowest BCUT2D eigenvalue weighted by molar-refractivity contribution is -0.119. The second-order valence-electron chi connectivity index (χ2n) is 4.81. The molecule has 0 spiro atoms. The number of nitrogen functional groups attached to an aromatic ring is 1. The molecule has 1 aromatic heterocycles. The summed E-state index contributed by atoms with van der Waals surface area (Å²) in [6.45, 7) is 5.27.